The summed E-state index contributed by atoms with van der Waals surface area (Å²) in [5.74, 6) is -2.35. The van der Waals surface area contributed by atoms with Gasteiger partial charge in [-0.2, -0.15) is 0 Å². The lowest BCUT2D eigenvalue weighted by atomic mass is 10.2. The van der Waals surface area contributed by atoms with Crippen LogP contribution in [0.4, 0.5) is 20.3 Å². The van der Waals surface area contributed by atoms with Gasteiger partial charge in [-0.3, -0.25) is 4.79 Å². The quantitative estimate of drug-likeness (QED) is 0.670. The van der Waals surface area contributed by atoms with E-state index in [0.717, 1.165) is 23.4 Å². The molecule has 1 heterocycles. The first kappa shape index (κ1) is 17.8. The molecule has 3 rings (SSSR count). The molecule has 1 aromatic heterocycles. The Morgan fingerprint density at radius 3 is 2.42 bits per heavy atom. The Kier molecular flexibility index (Phi) is 5.43. The van der Waals surface area contributed by atoms with Crippen LogP contribution in [-0.2, 0) is 6.54 Å². The molecule has 4 nitrogen and oxygen atoms in total. The van der Waals surface area contributed by atoms with Crippen molar-refractivity contribution in [1.29, 1.82) is 0 Å². The molecule has 2 N–H and O–H groups in total. The number of nitrogens with one attached hydrogen (secondary N) is 2. The minimum atomic E-state index is -1.08. The maximum Gasteiger partial charge on any atom is 0.256 e. The zero-order chi connectivity index (χ0) is 18.5. The lowest BCUT2D eigenvalue weighted by molar-refractivity contribution is 0.102. The second-order valence-corrected chi connectivity index (χ2v) is 5.93. The van der Waals surface area contributed by atoms with Crippen molar-refractivity contribution in [3.05, 3.63) is 88.6 Å². The molecular weight excluding hydrogens is 360 g/mol. The van der Waals surface area contributed by atoms with E-state index in [-0.39, 0.29) is 5.56 Å². The van der Waals surface area contributed by atoms with Crippen LogP contribution in [0.25, 0.3) is 0 Å². The second kappa shape index (κ2) is 7.93. The lowest BCUT2D eigenvalue weighted by Gasteiger charge is -2.08. The number of nitrogens with zero attached hydrogens (tertiary/aromatic N) is 1. The van der Waals surface area contributed by atoms with Crippen molar-refractivity contribution >= 4 is 29.0 Å². The van der Waals surface area contributed by atoms with Crippen molar-refractivity contribution in [3.8, 4) is 0 Å². The van der Waals surface area contributed by atoms with Gasteiger partial charge in [0.05, 0.1) is 11.9 Å². The normalized spacial score (nSPS) is 10.4. The minimum Gasteiger partial charge on any atom is -0.380 e. The van der Waals surface area contributed by atoms with Gasteiger partial charge in [0.15, 0.2) is 11.6 Å². The fourth-order valence-electron chi connectivity index (χ4n) is 2.20. The van der Waals surface area contributed by atoms with E-state index in [1.165, 1.54) is 6.07 Å². The zero-order valence-corrected chi connectivity index (χ0v) is 14.2. The second-order valence-electron chi connectivity index (χ2n) is 5.50. The van der Waals surface area contributed by atoms with Gasteiger partial charge in [0.25, 0.3) is 5.91 Å². The third kappa shape index (κ3) is 4.55. The van der Waals surface area contributed by atoms with Gasteiger partial charge in [-0.25, -0.2) is 13.8 Å². The molecule has 1 amide bonds. The fourth-order valence-corrected chi connectivity index (χ4v) is 2.33. The maximum absolute atomic E-state index is 13.2. The molecule has 26 heavy (non-hydrogen) atoms. The summed E-state index contributed by atoms with van der Waals surface area (Å²) in [6.07, 6.45) is 1.57. The summed E-state index contributed by atoms with van der Waals surface area (Å²) in [6, 6.07) is 13.8. The molecule has 0 radical (unpaired) electrons. The van der Waals surface area contributed by atoms with Crippen LogP contribution < -0.4 is 10.6 Å². The van der Waals surface area contributed by atoms with Crippen molar-refractivity contribution in [2.45, 2.75) is 6.54 Å². The van der Waals surface area contributed by atoms with E-state index in [1.807, 2.05) is 24.3 Å². The van der Waals surface area contributed by atoms with E-state index in [0.29, 0.717) is 17.4 Å². The fraction of sp³-hybridized carbons (Fsp3) is 0.0526. The molecule has 0 aliphatic rings. The van der Waals surface area contributed by atoms with Gasteiger partial charge in [0, 0.05) is 17.1 Å². The summed E-state index contributed by atoms with van der Waals surface area (Å²) in [5.41, 5.74) is 1.84. The Balaban J connectivity index is 1.59. The van der Waals surface area contributed by atoms with E-state index in [9.17, 15) is 13.6 Å². The third-order valence-corrected chi connectivity index (χ3v) is 3.85. The van der Waals surface area contributed by atoms with Gasteiger partial charge < -0.3 is 10.6 Å². The number of hydrogen-bond acceptors (Lipinski definition) is 3. The molecule has 0 saturated carbocycles. The first-order valence-corrected chi connectivity index (χ1v) is 8.10. The van der Waals surface area contributed by atoms with Crippen molar-refractivity contribution in [2.24, 2.45) is 0 Å². The number of aromatic nitrogens is 1. The molecule has 2 aromatic carbocycles. The Bertz CT molecular complexity index is 915. The Morgan fingerprint density at radius 1 is 1.00 bits per heavy atom. The summed E-state index contributed by atoms with van der Waals surface area (Å²) >= 11 is 5.84. The molecule has 0 unspecified atom stereocenters. The highest BCUT2D eigenvalue weighted by atomic mass is 35.5. The highest BCUT2D eigenvalue weighted by Crippen LogP contribution is 2.15. The zero-order valence-electron chi connectivity index (χ0n) is 13.5. The van der Waals surface area contributed by atoms with Gasteiger partial charge >= 0.3 is 0 Å². The maximum atomic E-state index is 13.2. The summed E-state index contributed by atoms with van der Waals surface area (Å²) in [6.45, 7) is 0.597. The predicted octanol–water partition coefficient (Wildman–Crippen LogP) is 4.88. The van der Waals surface area contributed by atoms with Crippen LogP contribution in [0.15, 0.2) is 60.8 Å². The average Bonchev–Trinajstić information content (AvgIpc) is 2.64. The summed E-state index contributed by atoms with van der Waals surface area (Å²) in [5, 5.41) is 6.40. The van der Waals surface area contributed by atoms with Crippen molar-refractivity contribution in [3.63, 3.8) is 0 Å². The number of benzene rings is 2. The molecule has 0 aliphatic carbocycles. The van der Waals surface area contributed by atoms with E-state index in [1.54, 1.807) is 18.3 Å². The molecule has 0 atom stereocenters. The Hall–Kier alpha value is -2.99. The summed E-state index contributed by atoms with van der Waals surface area (Å²) in [4.78, 5) is 16.2. The first-order valence-electron chi connectivity index (χ1n) is 7.72. The monoisotopic (exact) mass is 373 g/mol. The van der Waals surface area contributed by atoms with E-state index in [4.69, 9.17) is 11.6 Å². The van der Waals surface area contributed by atoms with Crippen LogP contribution in [0.3, 0.4) is 0 Å². The predicted molar refractivity (Wildman–Crippen MR) is 97.3 cm³/mol. The van der Waals surface area contributed by atoms with Crippen LogP contribution in [0.1, 0.15) is 15.9 Å². The number of halogens is 3. The topological polar surface area (TPSA) is 54.0 Å². The molecule has 0 bridgehead atoms. The van der Waals surface area contributed by atoms with Crippen LogP contribution >= 0.6 is 11.6 Å². The summed E-state index contributed by atoms with van der Waals surface area (Å²) in [7, 11) is 0. The molecule has 132 valence electrons. The number of pyridine rings is 1. The van der Waals surface area contributed by atoms with Gasteiger partial charge in [-0.1, -0.05) is 23.7 Å². The molecular formula is C19H14ClF2N3O. The van der Waals surface area contributed by atoms with Crippen molar-refractivity contribution in [1.82, 2.24) is 4.98 Å². The highest BCUT2D eigenvalue weighted by Gasteiger charge is 2.10. The van der Waals surface area contributed by atoms with Crippen molar-refractivity contribution < 1.29 is 13.6 Å². The Morgan fingerprint density at radius 2 is 1.77 bits per heavy atom. The number of carbonyl (C=O) groups excluding carboxylic acids is 1. The van der Waals surface area contributed by atoms with Crippen LogP contribution in [0, 0.1) is 11.6 Å². The van der Waals surface area contributed by atoms with E-state index >= 15 is 0 Å². The first-order chi connectivity index (χ1) is 12.5. The van der Waals surface area contributed by atoms with Crippen LogP contribution in [0.5, 0.6) is 0 Å². The van der Waals surface area contributed by atoms with E-state index in [2.05, 4.69) is 15.6 Å². The van der Waals surface area contributed by atoms with Gasteiger partial charge in [-0.05, 0) is 48.0 Å². The van der Waals surface area contributed by atoms with E-state index < -0.39 is 17.5 Å². The highest BCUT2D eigenvalue weighted by molar-refractivity contribution is 6.30. The van der Waals surface area contributed by atoms with Crippen LogP contribution in [-0.4, -0.2) is 10.9 Å². The number of hydrogen-bond donors (Lipinski definition) is 2. The van der Waals surface area contributed by atoms with Gasteiger partial charge in [0.2, 0.25) is 0 Å². The number of rotatable bonds is 5. The standard InChI is InChI=1S/C19H14ClF2N3O/c20-14-4-1-12(2-5-14)10-23-15-6-8-18(24-11-15)25-19(26)13-3-7-16(21)17(22)9-13/h1-9,11,23H,10H2,(H,24,25,26). The van der Waals surface area contributed by atoms with Gasteiger partial charge in [-0.15, -0.1) is 0 Å². The SMILES string of the molecule is O=C(Nc1ccc(NCc2ccc(Cl)cc2)cn1)c1ccc(F)c(F)c1. The van der Waals surface area contributed by atoms with Gasteiger partial charge in [0.1, 0.15) is 5.82 Å². The van der Waals surface area contributed by atoms with Crippen LogP contribution in [0.2, 0.25) is 5.02 Å². The summed E-state index contributed by atoms with van der Waals surface area (Å²) < 4.78 is 26.1. The molecule has 0 spiro atoms. The molecule has 0 saturated heterocycles. The van der Waals surface area contributed by atoms with Crippen molar-refractivity contribution in [2.75, 3.05) is 10.6 Å². The molecule has 3 aromatic rings. The minimum absolute atomic E-state index is 0.00985. The number of anilines is 2. The third-order valence-electron chi connectivity index (χ3n) is 3.60. The number of carbonyl (C=O) groups is 1. The lowest BCUT2D eigenvalue weighted by Crippen LogP contribution is -2.13. The Labute approximate surface area is 153 Å². The number of amides is 1. The molecule has 0 fully saturated rings. The average molecular weight is 374 g/mol. The largest absolute Gasteiger partial charge is 0.380 e. The molecule has 0 aliphatic heterocycles. The smallest absolute Gasteiger partial charge is 0.256 e. The molecule has 7 heteroatoms.